The average Bonchev–Trinajstić information content (AvgIpc) is 2.44. The topological polar surface area (TPSA) is 129 Å². The third kappa shape index (κ3) is 6.66. The minimum atomic E-state index is -1.13. The van der Waals surface area contributed by atoms with Crippen LogP contribution in [-0.2, 0) is 4.74 Å². The van der Waals surface area contributed by atoms with E-state index in [9.17, 15) is 15.0 Å². The zero-order valence-electron chi connectivity index (χ0n) is 13.7. The molecule has 0 fully saturated rings. The summed E-state index contributed by atoms with van der Waals surface area (Å²) in [6, 6.07) is 6.50. The molecule has 1 amide bonds. The van der Waals surface area contributed by atoms with E-state index in [4.69, 9.17) is 15.9 Å². The first-order valence-corrected chi connectivity index (χ1v) is 7.37. The van der Waals surface area contributed by atoms with Gasteiger partial charge in [-0.25, -0.2) is 4.79 Å². The first-order chi connectivity index (χ1) is 10.6. The Balaban J connectivity index is 2.51. The van der Waals surface area contributed by atoms with Crippen molar-refractivity contribution in [1.29, 1.82) is 5.41 Å². The number of amides is 1. The smallest absolute Gasteiger partial charge is 0.407 e. The van der Waals surface area contributed by atoms with Crippen LogP contribution in [0.15, 0.2) is 24.3 Å². The van der Waals surface area contributed by atoms with E-state index < -0.39 is 23.9 Å². The van der Waals surface area contributed by atoms with Crippen molar-refractivity contribution in [2.45, 2.75) is 45.0 Å². The molecule has 0 spiro atoms. The number of alkyl carbamates (subject to hydrolysis) is 1. The van der Waals surface area contributed by atoms with Gasteiger partial charge in [0.2, 0.25) is 0 Å². The summed E-state index contributed by atoms with van der Waals surface area (Å²) in [6.07, 6.45) is -2.61. The zero-order valence-corrected chi connectivity index (χ0v) is 13.7. The highest BCUT2D eigenvalue weighted by molar-refractivity contribution is 5.95. The fraction of sp³-hybridized carbons (Fsp3) is 0.500. The molecule has 23 heavy (non-hydrogen) atoms. The lowest BCUT2D eigenvalue weighted by Crippen LogP contribution is -2.34. The summed E-state index contributed by atoms with van der Waals surface area (Å²) in [7, 11) is 0. The van der Waals surface area contributed by atoms with Crippen molar-refractivity contribution >= 4 is 11.9 Å². The number of hydrogen-bond acceptors (Lipinski definition) is 5. The average molecular weight is 323 g/mol. The molecular weight excluding hydrogens is 298 g/mol. The predicted molar refractivity (Wildman–Crippen MR) is 87.3 cm³/mol. The predicted octanol–water partition coefficient (Wildman–Crippen LogP) is 1.28. The molecular formula is C16H25N3O4. The number of nitrogens with one attached hydrogen (secondary N) is 2. The molecule has 1 aromatic rings. The highest BCUT2D eigenvalue weighted by atomic mass is 16.6. The van der Waals surface area contributed by atoms with E-state index in [0.29, 0.717) is 11.1 Å². The van der Waals surface area contributed by atoms with E-state index in [1.807, 2.05) is 0 Å². The molecule has 1 rings (SSSR count). The number of amidine groups is 1. The molecule has 0 aromatic heterocycles. The van der Waals surface area contributed by atoms with E-state index in [2.05, 4.69) is 5.32 Å². The number of carbonyl (C=O) groups excluding carboxylic acids is 1. The Morgan fingerprint density at radius 1 is 1.39 bits per heavy atom. The van der Waals surface area contributed by atoms with Gasteiger partial charge in [0, 0.05) is 12.1 Å². The number of hydrogen-bond donors (Lipinski definition) is 5. The molecule has 0 saturated heterocycles. The van der Waals surface area contributed by atoms with Crippen LogP contribution in [0.2, 0.25) is 0 Å². The van der Waals surface area contributed by atoms with Crippen LogP contribution in [0, 0.1) is 5.41 Å². The number of rotatable bonds is 6. The number of aliphatic hydroxyl groups is 2. The van der Waals surface area contributed by atoms with Crippen molar-refractivity contribution in [2.75, 3.05) is 6.54 Å². The molecule has 2 atom stereocenters. The van der Waals surface area contributed by atoms with E-state index in [1.54, 1.807) is 45.0 Å². The summed E-state index contributed by atoms with van der Waals surface area (Å²) >= 11 is 0. The summed E-state index contributed by atoms with van der Waals surface area (Å²) in [6.45, 7) is 5.44. The van der Waals surface area contributed by atoms with Crippen LogP contribution in [0.5, 0.6) is 0 Å². The van der Waals surface area contributed by atoms with Crippen LogP contribution < -0.4 is 11.1 Å². The van der Waals surface area contributed by atoms with Gasteiger partial charge in [-0.1, -0.05) is 18.2 Å². The lowest BCUT2D eigenvalue weighted by molar-refractivity contribution is 0.0123. The maximum absolute atomic E-state index is 11.5. The second kappa shape index (κ2) is 7.94. The van der Waals surface area contributed by atoms with Crippen LogP contribution >= 0.6 is 0 Å². The number of carbonyl (C=O) groups is 1. The minimum absolute atomic E-state index is 0.111. The zero-order chi connectivity index (χ0) is 17.6. The molecule has 0 aliphatic carbocycles. The summed E-state index contributed by atoms with van der Waals surface area (Å²) < 4.78 is 5.08. The maximum Gasteiger partial charge on any atom is 0.407 e. The number of nitrogen functional groups attached to an aromatic ring is 1. The van der Waals surface area contributed by atoms with Crippen molar-refractivity contribution in [3.05, 3.63) is 35.4 Å². The van der Waals surface area contributed by atoms with Crippen molar-refractivity contribution < 1.29 is 19.7 Å². The molecule has 0 aliphatic rings. The molecule has 1 aromatic carbocycles. The van der Waals surface area contributed by atoms with Gasteiger partial charge in [-0.15, -0.1) is 0 Å². The SMILES string of the molecule is CC(C)(C)OC(=O)NCCC(O)C(O)c1cccc(C(=N)N)c1. The standard InChI is InChI=1S/C16H25N3O4/c1-16(2,3)23-15(22)19-8-7-12(20)13(21)10-5-4-6-11(9-10)14(17)18/h4-6,9,12-13,20-21H,7-8H2,1-3H3,(H3,17,18)(H,19,22). The lowest BCUT2D eigenvalue weighted by atomic mass is 10.00. The highest BCUT2D eigenvalue weighted by Crippen LogP contribution is 2.20. The molecule has 6 N–H and O–H groups in total. The Hall–Kier alpha value is -2.12. The molecule has 0 saturated carbocycles. The van der Waals surface area contributed by atoms with Crippen molar-refractivity contribution in [2.24, 2.45) is 5.73 Å². The molecule has 7 nitrogen and oxygen atoms in total. The molecule has 7 heteroatoms. The van der Waals surface area contributed by atoms with Gasteiger partial charge in [-0.3, -0.25) is 5.41 Å². The van der Waals surface area contributed by atoms with E-state index in [-0.39, 0.29) is 18.8 Å². The third-order valence-electron chi connectivity index (χ3n) is 3.01. The van der Waals surface area contributed by atoms with Crippen molar-refractivity contribution in [1.82, 2.24) is 5.32 Å². The van der Waals surface area contributed by atoms with Gasteiger partial charge >= 0.3 is 6.09 Å². The van der Waals surface area contributed by atoms with Crippen LogP contribution in [0.25, 0.3) is 0 Å². The van der Waals surface area contributed by atoms with Gasteiger partial charge < -0.3 is 26.0 Å². The quantitative estimate of drug-likeness (QED) is 0.398. The summed E-state index contributed by atoms with van der Waals surface area (Å²) in [4.78, 5) is 11.5. The van der Waals surface area contributed by atoms with Crippen molar-refractivity contribution in [3.63, 3.8) is 0 Å². The fourth-order valence-electron chi connectivity index (χ4n) is 1.91. The molecule has 0 bridgehead atoms. The van der Waals surface area contributed by atoms with Crippen LogP contribution in [0.3, 0.4) is 0 Å². The molecule has 0 heterocycles. The second-order valence-corrected chi connectivity index (χ2v) is 6.27. The van der Waals surface area contributed by atoms with E-state index >= 15 is 0 Å². The largest absolute Gasteiger partial charge is 0.444 e. The van der Waals surface area contributed by atoms with Crippen LogP contribution in [0.1, 0.15) is 44.4 Å². The second-order valence-electron chi connectivity index (χ2n) is 6.27. The van der Waals surface area contributed by atoms with Gasteiger partial charge in [0.15, 0.2) is 0 Å². The summed E-state index contributed by atoms with van der Waals surface area (Å²) in [5.74, 6) is -0.111. The normalized spacial score (nSPS) is 14.0. The van der Waals surface area contributed by atoms with Crippen molar-refractivity contribution in [3.8, 4) is 0 Å². The summed E-state index contributed by atoms with van der Waals surface area (Å²) in [5.41, 5.74) is 5.75. The molecule has 0 aliphatic heterocycles. The van der Waals surface area contributed by atoms with Gasteiger partial charge in [0.05, 0.1) is 6.10 Å². The van der Waals surface area contributed by atoms with E-state index in [0.717, 1.165) is 0 Å². The number of ether oxygens (including phenoxy) is 1. The Morgan fingerprint density at radius 3 is 2.61 bits per heavy atom. The minimum Gasteiger partial charge on any atom is -0.444 e. The first kappa shape index (κ1) is 18.9. The van der Waals surface area contributed by atoms with Gasteiger partial charge in [-0.2, -0.15) is 0 Å². The highest BCUT2D eigenvalue weighted by Gasteiger charge is 2.20. The van der Waals surface area contributed by atoms with Gasteiger partial charge in [0.1, 0.15) is 17.5 Å². The monoisotopic (exact) mass is 323 g/mol. The van der Waals surface area contributed by atoms with E-state index in [1.165, 1.54) is 0 Å². The van der Waals surface area contributed by atoms with Gasteiger partial charge in [-0.05, 0) is 38.8 Å². The Kier molecular flexibility index (Phi) is 6.53. The third-order valence-corrected chi connectivity index (χ3v) is 3.01. The van der Waals surface area contributed by atoms with Gasteiger partial charge in [0.25, 0.3) is 0 Å². The Morgan fingerprint density at radius 2 is 2.04 bits per heavy atom. The van der Waals surface area contributed by atoms with Crippen LogP contribution in [-0.4, -0.2) is 40.4 Å². The Bertz CT molecular complexity index is 555. The fourth-order valence-corrected chi connectivity index (χ4v) is 1.91. The number of benzene rings is 1. The number of aliphatic hydroxyl groups excluding tert-OH is 2. The van der Waals surface area contributed by atoms with Crippen LogP contribution in [0.4, 0.5) is 4.79 Å². The molecule has 0 radical (unpaired) electrons. The maximum atomic E-state index is 11.5. The first-order valence-electron chi connectivity index (χ1n) is 7.37. The Labute approximate surface area is 136 Å². The number of nitrogens with two attached hydrogens (primary N) is 1. The lowest BCUT2D eigenvalue weighted by Gasteiger charge is -2.21. The molecule has 2 unspecified atom stereocenters. The molecule has 128 valence electrons. The summed E-state index contributed by atoms with van der Waals surface area (Å²) in [5, 5.41) is 30.1.